The van der Waals surface area contributed by atoms with Crippen molar-refractivity contribution in [2.75, 3.05) is 49.6 Å². The molecule has 12 heteroatoms. The monoisotopic (exact) mass is 696 g/mol. The maximum Gasteiger partial charge on any atom is 0.416 e. The number of ether oxygens (including phenoxy) is 2. The second-order valence-electron chi connectivity index (χ2n) is 12.3. The number of nitrogens with zero attached hydrogens (tertiary/aromatic N) is 3. The highest BCUT2D eigenvalue weighted by Gasteiger charge is 2.31. The molecule has 6 rings (SSSR count). The van der Waals surface area contributed by atoms with Crippen LogP contribution in [0.15, 0.2) is 71.6 Å². The first-order valence-corrected chi connectivity index (χ1v) is 17.7. The van der Waals surface area contributed by atoms with Crippen molar-refractivity contribution in [3.8, 4) is 16.3 Å². The van der Waals surface area contributed by atoms with E-state index in [1.807, 2.05) is 38.1 Å². The highest BCUT2D eigenvalue weighted by molar-refractivity contribution is 8.01. The van der Waals surface area contributed by atoms with Gasteiger partial charge in [0.05, 0.1) is 31.0 Å². The van der Waals surface area contributed by atoms with Crippen molar-refractivity contribution in [3.63, 3.8) is 0 Å². The van der Waals surface area contributed by atoms with Gasteiger partial charge in [0.15, 0.2) is 0 Å². The number of piperazine rings is 1. The van der Waals surface area contributed by atoms with Gasteiger partial charge >= 0.3 is 12.1 Å². The Bertz CT molecular complexity index is 1720. The Hall–Kier alpha value is -3.74. The van der Waals surface area contributed by atoms with Crippen molar-refractivity contribution < 1.29 is 27.4 Å². The fourth-order valence-corrected chi connectivity index (χ4v) is 7.80. The molecule has 0 atom stereocenters. The quantitative estimate of drug-likeness (QED) is 0.125. The maximum atomic E-state index is 13.2. The highest BCUT2D eigenvalue weighted by atomic mass is 32.2. The second-order valence-corrected chi connectivity index (χ2v) is 15.1. The van der Waals surface area contributed by atoms with Crippen molar-refractivity contribution in [2.45, 2.75) is 56.1 Å². The lowest BCUT2D eigenvalue weighted by molar-refractivity contribution is -0.145. The van der Waals surface area contributed by atoms with Crippen LogP contribution in [0.3, 0.4) is 0 Å². The third-order valence-electron chi connectivity index (χ3n) is 8.47. The number of hydrogen-bond donors (Lipinski definition) is 1. The number of carbonyl (C=O) groups is 1. The number of nitrogens with one attached hydrogen (secondary N) is 1. The Balaban J connectivity index is 1.14. The van der Waals surface area contributed by atoms with E-state index in [0.717, 1.165) is 78.2 Å². The lowest BCUT2D eigenvalue weighted by Gasteiger charge is -2.36. The van der Waals surface area contributed by atoms with E-state index in [4.69, 9.17) is 14.5 Å². The summed E-state index contributed by atoms with van der Waals surface area (Å²) in [6.45, 7) is 11.3. The Morgan fingerprint density at radius 3 is 2.44 bits per heavy atom. The van der Waals surface area contributed by atoms with Crippen molar-refractivity contribution in [1.29, 1.82) is 0 Å². The number of thioether (sulfide) groups is 1. The van der Waals surface area contributed by atoms with E-state index < -0.39 is 16.5 Å². The fraction of sp³-hybridized carbons (Fsp3) is 0.389. The Kier molecular flexibility index (Phi) is 10.2. The Labute approximate surface area is 287 Å². The lowest BCUT2D eigenvalue weighted by Crippen LogP contribution is -2.46. The summed E-state index contributed by atoms with van der Waals surface area (Å²) in [5.41, 5.74) is 4.31. The molecule has 0 radical (unpaired) electrons. The van der Waals surface area contributed by atoms with E-state index in [2.05, 4.69) is 33.3 Å². The zero-order chi connectivity index (χ0) is 33.9. The molecule has 0 bridgehead atoms. The van der Waals surface area contributed by atoms with Crippen molar-refractivity contribution >= 4 is 40.4 Å². The molecule has 3 aromatic carbocycles. The Morgan fingerprint density at radius 1 is 1.02 bits per heavy atom. The van der Waals surface area contributed by atoms with Crippen molar-refractivity contribution in [2.24, 2.45) is 0 Å². The van der Waals surface area contributed by atoms with Crippen LogP contribution in [-0.4, -0.2) is 60.0 Å². The summed E-state index contributed by atoms with van der Waals surface area (Å²) in [6.07, 6.45) is -3.44. The molecule has 1 fully saturated rings. The maximum absolute atomic E-state index is 13.2. The average molecular weight is 697 g/mol. The van der Waals surface area contributed by atoms with Gasteiger partial charge < -0.3 is 19.7 Å². The van der Waals surface area contributed by atoms with Gasteiger partial charge in [-0.25, -0.2) is 4.98 Å². The molecule has 1 N–H and O–H groups in total. The van der Waals surface area contributed by atoms with Crippen LogP contribution in [0.4, 0.5) is 24.5 Å². The number of alkyl halides is 3. The molecule has 2 aliphatic heterocycles. The molecule has 0 saturated carbocycles. The molecule has 254 valence electrons. The van der Waals surface area contributed by atoms with Crippen LogP contribution in [-0.2, 0) is 35.2 Å². The number of esters is 1. The smallest absolute Gasteiger partial charge is 0.416 e. The third-order valence-corrected chi connectivity index (χ3v) is 10.8. The van der Waals surface area contributed by atoms with Crippen LogP contribution in [0.5, 0.6) is 5.75 Å². The SMILES string of the molecule is CCOC(=O)C(C)(C)Sc1ccc(NCc2sc(-c3ccc(C(F)(F)F)cc3)nc2CN2CCN(c3ccc4c(c3)CCO4)CC2)cc1. The molecule has 7 nitrogen and oxygen atoms in total. The number of carbonyl (C=O) groups excluding carboxylic acids is 1. The molecule has 0 aliphatic carbocycles. The van der Waals surface area contributed by atoms with Crippen LogP contribution in [0.25, 0.3) is 10.6 Å². The molecule has 0 amide bonds. The number of halogens is 3. The fourth-order valence-electron chi connectivity index (χ4n) is 5.78. The number of benzene rings is 3. The van der Waals surface area contributed by atoms with E-state index in [1.54, 1.807) is 6.92 Å². The number of aromatic nitrogens is 1. The number of fused-ring (bicyclic) bond motifs is 1. The van der Waals surface area contributed by atoms with Gasteiger partial charge in [-0.3, -0.25) is 9.69 Å². The van der Waals surface area contributed by atoms with Gasteiger partial charge in [0.2, 0.25) is 0 Å². The summed E-state index contributed by atoms with van der Waals surface area (Å²) >= 11 is 2.95. The summed E-state index contributed by atoms with van der Waals surface area (Å²) in [4.78, 5) is 24.1. The number of rotatable bonds is 11. The largest absolute Gasteiger partial charge is 0.493 e. The van der Waals surface area contributed by atoms with E-state index in [1.165, 1.54) is 46.5 Å². The predicted molar refractivity (Wildman–Crippen MR) is 186 cm³/mol. The minimum Gasteiger partial charge on any atom is -0.493 e. The van der Waals surface area contributed by atoms with Gasteiger partial charge in [-0.2, -0.15) is 13.2 Å². The first kappa shape index (κ1) is 34.1. The van der Waals surface area contributed by atoms with Crippen LogP contribution < -0.4 is 15.0 Å². The molecular formula is C36H39F3N4O3S2. The van der Waals surface area contributed by atoms with Crippen LogP contribution >= 0.6 is 23.1 Å². The van der Waals surface area contributed by atoms with Gasteiger partial charge in [0, 0.05) is 65.9 Å². The van der Waals surface area contributed by atoms with Gasteiger partial charge in [-0.1, -0.05) is 12.1 Å². The van der Waals surface area contributed by atoms with E-state index in [9.17, 15) is 18.0 Å². The summed E-state index contributed by atoms with van der Waals surface area (Å²) in [6, 6.07) is 19.6. The third kappa shape index (κ3) is 8.10. The molecule has 1 saturated heterocycles. The van der Waals surface area contributed by atoms with Crippen LogP contribution in [0.2, 0.25) is 0 Å². The summed E-state index contributed by atoms with van der Waals surface area (Å²) < 4.78 is 49.8. The van der Waals surface area contributed by atoms with E-state index >= 15 is 0 Å². The van der Waals surface area contributed by atoms with Gasteiger partial charge in [0.25, 0.3) is 0 Å². The van der Waals surface area contributed by atoms with E-state index in [0.29, 0.717) is 30.3 Å². The topological polar surface area (TPSA) is 66.9 Å². The molecule has 0 spiro atoms. The average Bonchev–Trinajstić information content (AvgIpc) is 3.71. The predicted octanol–water partition coefficient (Wildman–Crippen LogP) is 8.13. The van der Waals surface area contributed by atoms with Crippen molar-refractivity contribution in [1.82, 2.24) is 9.88 Å². The standard InChI is InChI=1S/C36H39F3N4O3S2/c1-4-45-34(44)35(2,3)48-29-12-9-27(10-13-29)40-22-32-30(41-33(47-32)24-5-7-26(8-6-24)36(37,38)39)23-42-16-18-43(19-17-42)28-11-14-31-25(21-28)15-20-46-31/h5-14,21,40H,4,15-20,22-23H2,1-3H3. The highest BCUT2D eigenvalue weighted by Crippen LogP contribution is 2.36. The summed E-state index contributed by atoms with van der Waals surface area (Å²) in [5, 5.41) is 4.20. The van der Waals surface area contributed by atoms with Gasteiger partial charge in [-0.15, -0.1) is 23.1 Å². The minimum absolute atomic E-state index is 0.251. The first-order valence-electron chi connectivity index (χ1n) is 16.1. The van der Waals surface area contributed by atoms with Gasteiger partial charge in [-0.05, 0) is 80.9 Å². The molecule has 3 heterocycles. The number of anilines is 2. The molecule has 0 unspecified atom stereocenters. The summed E-state index contributed by atoms with van der Waals surface area (Å²) in [7, 11) is 0. The second kappa shape index (κ2) is 14.4. The number of thiazole rings is 1. The Morgan fingerprint density at radius 2 is 1.75 bits per heavy atom. The van der Waals surface area contributed by atoms with Crippen LogP contribution in [0.1, 0.15) is 42.5 Å². The zero-order valence-electron chi connectivity index (χ0n) is 27.2. The number of hydrogen-bond acceptors (Lipinski definition) is 9. The van der Waals surface area contributed by atoms with E-state index in [-0.39, 0.29) is 5.97 Å². The zero-order valence-corrected chi connectivity index (χ0v) is 28.9. The molecular weight excluding hydrogens is 658 g/mol. The van der Waals surface area contributed by atoms with Crippen LogP contribution in [0, 0.1) is 0 Å². The lowest BCUT2D eigenvalue weighted by atomic mass is 10.1. The first-order chi connectivity index (χ1) is 23.0. The molecule has 2 aliphatic rings. The normalized spacial score (nSPS) is 15.2. The minimum atomic E-state index is -4.39. The summed E-state index contributed by atoms with van der Waals surface area (Å²) in [5.74, 6) is 0.734. The molecule has 1 aromatic heterocycles. The molecule has 48 heavy (non-hydrogen) atoms. The van der Waals surface area contributed by atoms with Crippen molar-refractivity contribution in [3.05, 3.63) is 88.4 Å². The van der Waals surface area contributed by atoms with Gasteiger partial charge in [0.1, 0.15) is 15.5 Å². The molecule has 4 aromatic rings.